The molecule has 11 heteroatoms. The Bertz CT molecular complexity index is 476. The zero-order chi connectivity index (χ0) is 17.2. The Kier molecular flexibility index (Phi) is 12.4. The number of carbonyl (C=O) groups is 1. The lowest BCUT2D eigenvalue weighted by Gasteiger charge is -2.19. The van der Waals surface area contributed by atoms with E-state index in [4.69, 9.17) is 9.88 Å². The normalized spacial score (nSPS) is 12.1. The number of rotatable bonds is 7. The van der Waals surface area contributed by atoms with E-state index in [9.17, 15) is 13.2 Å². The Morgan fingerprint density at radius 3 is 2.22 bits per heavy atom. The van der Waals surface area contributed by atoms with Gasteiger partial charge in [-0.05, 0) is 27.7 Å². The number of hydrogen-bond acceptors (Lipinski definition) is 5. The molecule has 23 heavy (non-hydrogen) atoms. The average molecular weight is 465 g/mol. The first-order valence-corrected chi connectivity index (χ1v) is 8.74. The molecule has 5 N–H and O–H groups in total. The number of nitrogens with zero attached hydrogens (tertiary/aromatic N) is 1. The van der Waals surface area contributed by atoms with Crippen molar-refractivity contribution in [1.82, 2.24) is 16.0 Å². The standard InChI is InChI=1S/C12H27N5O4S.HI/c1-5-14-10(16-8-9-22(13,19)20)15-6-7-17-11(18)21-12(2,3)4;/h5-9H2,1-4H3,(H,17,18)(H2,13,19,20)(H2,14,15,16);1H. The molecule has 0 spiro atoms. The van der Waals surface area contributed by atoms with Crippen molar-refractivity contribution in [2.24, 2.45) is 10.1 Å². The number of nitrogens with two attached hydrogens (primary N) is 1. The molecule has 0 aromatic heterocycles. The summed E-state index contributed by atoms with van der Waals surface area (Å²) in [4.78, 5) is 15.5. The molecule has 0 heterocycles. The lowest BCUT2D eigenvalue weighted by atomic mass is 10.2. The van der Waals surface area contributed by atoms with Gasteiger partial charge in [-0.2, -0.15) is 0 Å². The second-order valence-electron chi connectivity index (χ2n) is 5.48. The maximum absolute atomic E-state index is 11.4. The van der Waals surface area contributed by atoms with Crippen molar-refractivity contribution >= 4 is 46.1 Å². The third-order valence-electron chi connectivity index (χ3n) is 2.08. The predicted molar refractivity (Wildman–Crippen MR) is 102 cm³/mol. The molecule has 0 aliphatic heterocycles. The van der Waals surface area contributed by atoms with E-state index < -0.39 is 21.7 Å². The van der Waals surface area contributed by atoms with Crippen LogP contribution in [-0.2, 0) is 14.8 Å². The minimum absolute atomic E-state index is 0. The van der Waals surface area contributed by atoms with Gasteiger partial charge in [-0.15, -0.1) is 24.0 Å². The van der Waals surface area contributed by atoms with Gasteiger partial charge >= 0.3 is 6.09 Å². The number of aliphatic imine (C=N–C) groups is 1. The minimum Gasteiger partial charge on any atom is -0.444 e. The highest BCUT2D eigenvalue weighted by atomic mass is 127. The van der Waals surface area contributed by atoms with Crippen molar-refractivity contribution in [3.8, 4) is 0 Å². The molecule has 0 aliphatic rings. The largest absolute Gasteiger partial charge is 0.444 e. The van der Waals surface area contributed by atoms with Crippen LogP contribution in [0.3, 0.4) is 0 Å². The third kappa shape index (κ3) is 17.4. The van der Waals surface area contributed by atoms with Crippen LogP contribution in [0, 0.1) is 0 Å². The number of alkyl carbamates (subject to hydrolysis) is 1. The van der Waals surface area contributed by atoms with Crippen LogP contribution in [0.5, 0.6) is 0 Å². The topological polar surface area (TPSA) is 135 Å². The quantitative estimate of drug-likeness (QED) is 0.181. The second-order valence-corrected chi connectivity index (χ2v) is 7.22. The summed E-state index contributed by atoms with van der Waals surface area (Å²) < 4.78 is 26.7. The van der Waals surface area contributed by atoms with E-state index >= 15 is 0 Å². The van der Waals surface area contributed by atoms with E-state index in [-0.39, 0.29) is 36.3 Å². The highest BCUT2D eigenvalue weighted by molar-refractivity contribution is 14.0. The molecule has 0 unspecified atom stereocenters. The SMILES string of the molecule is CCNC(=NCCS(N)(=O)=O)NCCNC(=O)OC(C)(C)C.I. The molecule has 0 bridgehead atoms. The smallest absolute Gasteiger partial charge is 0.407 e. The van der Waals surface area contributed by atoms with Gasteiger partial charge in [-0.3, -0.25) is 4.99 Å². The fourth-order valence-electron chi connectivity index (χ4n) is 1.29. The summed E-state index contributed by atoms with van der Waals surface area (Å²) in [5.74, 6) is 0.233. The summed E-state index contributed by atoms with van der Waals surface area (Å²) in [6, 6.07) is 0. The van der Waals surface area contributed by atoms with Crippen LogP contribution >= 0.6 is 24.0 Å². The van der Waals surface area contributed by atoms with Gasteiger partial charge in [-0.25, -0.2) is 18.4 Å². The van der Waals surface area contributed by atoms with E-state index in [1.165, 1.54) is 0 Å². The van der Waals surface area contributed by atoms with E-state index in [0.29, 0.717) is 25.6 Å². The van der Waals surface area contributed by atoms with Crippen LogP contribution in [-0.4, -0.2) is 58.0 Å². The molecule has 0 aromatic carbocycles. The summed E-state index contributed by atoms with van der Waals surface area (Å²) in [5.41, 5.74) is -0.540. The highest BCUT2D eigenvalue weighted by Crippen LogP contribution is 2.05. The second kappa shape index (κ2) is 11.7. The van der Waals surface area contributed by atoms with Crippen molar-refractivity contribution in [3.63, 3.8) is 0 Å². The average Bonchev–Trinajstić information content (AvgIpc) is 2.30. The number of ether oxygens (including phenoxy) is 1. The van der Waals surface area contributed by atoms with Crippen LogP contribution < -0.4 is 21.1 Å². The molecule has 9 nitrogen and oxygen atoms in total. The van der Waals surface area contributed by atoms with Gasteiger partial charge in [0, 0.05) is 19.6 Å². The molecule has 0 saturated heterocycles. The van der Waals surface area contributed by atoms with Gasteiger partial charge in [0.1, 0.15) is 5.60 Å². The minimum atomic E-state index is -3.52. The molecule has 0 aliphatic carbocycles. The zero-order valence-corrected chi connectivity index (χ0v) is 17.2. The van der Waals surface area contributed by atoms with Crippen LogP contribution in [0.15, 0.2) is 4.99 Å². The van der Waals surface area contributed by atoms with Gasteiger partial charge in [-0.1, -0.05) is 0 Å². The van der Waals surface area contributed by atoms with E-state index in [2.05, 4.69) is 20.9 Å². The van der Waals surface area contributed by atoms with Crippen LogP contribution in [0.2, 0.25) is 0 Å². The van der Waals surface area contributed by atoms with Gasteiger partial charge in [0.05, 0.1) is 12.3 Å². The van der Waals surface area contributed by atoms with Crippen molar-refractivity contribution in [3.05, 3.63) is 0 Å². The maximum Gasteiger partial charge on any atom is 0.407 e. The first-order chi connectivity index (χ1) is 10.0. The Morgan fingerprint density at radius 2 is 1.74 bits per heavy atom. The van der Waals surface area contributed by atoms with Crippen LogP contribution in [0.25, 0.3) is 0 Å². The van der Waals surface area contributed by atoms with Gasteiger partial charge in [0.2, 0.25) is 10.0 Å². The van der Waals surface area contributed by atoms with Crippen LogP contribution in [0.4, 0.5) is 4.79 Å². The monoisotopic (exact) mass is 465 g/mol. The number of amides is 1. The van der Waals surface area contributed by atoms with Gasteiger partial charge in [0.15, 0.2) is 5.96 Å². The van der Waals surface area contributed by atoms with Gasteiger partial charge < -0.3 is 20.7 Å². The Balaban J connectivity index is 0. The molecule has 138 valence electrons. The fourth-order valence-corrected chi connectivity index (χ4v) is 1.63. The third-order valence-corrected chi connectivity index (χ3v) is 2.83. The number of hydrogen-bond donors (Lipinski definition) is 4. The summed E-state index contributed by atoms with van der Waals surface area (Å²) in [6.45, 7) is 8.68. The van der Waals surface area contributed by atoms with Crippen molar-refractivity contribution in [2.75, 3.05) is 31.9 Å². The maximum atomic E-state index is 11.4. The van der Waals surface area contributed by atoms with Crippen molar-refractivity contribution in [1.29, 1.82) is 0 Å². The first kappa shape index (κ1) is 24.4. The molecular weight excluding hydrogens is 437 g/mol. The van der Waals surface area contributed by atoms with E-state index in [1.807, 2.05) is 6.92 Å². The summed E-state index contributed by atoms with van der Waals surface area (Å²) in [6.07, 6.45) is -0.495. The Labute approximate surface area is 155 Å². The lowest BCUT2D eigenvalue weighted by molar-refractivity contribution is 0.0529. The first-order valence-electron chi connectivity index (χ1n) is 7.03. The van der Waals surface area contributed by atoms with Crippen LogP contribution in [0.1, 0.15) is 27.7 Å². The molecule has 0 atom stereocenters. The molecule has 0 aromatic rings. The summed E-state index contributed by atoms with van der Waals surface area (Å²) >= 11 is 0. The van der Waals surface area contributed by atoms with Crippen molar-refractivity contribution < 1.29 is 17.9 Å². The number of nitrogens with one attached hydrogen (secondary N) is 3. The highest BCUT2D eigenvalue weighted by Gasteiger charge is 2.15. The molecular formula is C12H28IN5O4S. The fraction of sp³-hybridized carbons (Fsp3) is 0.833. The Morgan fingerprint density at radius 1 is 1.17 bits per heavy atom. The molecule has 0 radical (unpaired) electrons. The van der Waals surface area contributed by atoms with Gasteiger partial charge in [0.25, 0.3) is 0 Å². The predicted octanol–water partition coefficient (Wildman–Crippen LogP) is -0.0273. The van der Waals surface area contributed by atoms with Crippen molar-refractivity contribution in [2.45, 2.75) is 33.3 Å². The summed E-state index contributed by atoms with van der Waals surface area (Å²) in [7, 11) is -3.52. The van der Waals surface area contributed by atoms with E-state index in [1.54, 1.807) is 20.8 Å². The zero-order valence-electron chi connectivity index (χ0n) is 14.0. The van der Waals surface area contributed by atoms with E-state index in [0.717, 1.165) is 0 Å². The molecule has 0 fully saturated rings. The number of carbonyl (C=O) groups excluding carboxylic acids is 1. The number of guanidine groups is 1. The summed E-state index contributed by atoms with van der Waals surface area (Å²) in [5, 5.41) is 13.4. The lowest BCUT2D eigenvalue weighted by Crippen LogP contribution is -2.42. The number of halogens is 1. The number of primary sulfonamides is 1. The number of sulfonamides is 1. The molecule has 0 saturated carbocycles. The Hall–Kier alpha value is -0.820. The molecule has 1 amide bonds. The molecule has 0 rings (SSSR count).